The lowest BCUT2D eigenvalue weighted by atomic mass is 9.84. The maximum absolute atomic E-state index is 5.60. The minimum Gasteiger partial charge on any atom is -0.496 e. The van der Waals surface area contributed by atoms with Crippen LogP contribution in [0.4, 0.5) is 0 Å². The maximum atomic E-state index is 5.60. The Morgan fingerprint density at radius 3 is 2.75 bits per heavy atom. The summed E-state index contributed by atoms with van der Waals surface area (Å²) >= 11 is 0. The predicted octanol–water partition coefficient (Wildman–Crippen LogP) is 3.19. The molecule has 1 aromatic rings. The van der Waals surface area contributed by atoms with Crippen molar-refractivity contribution in [1.82, 2.24) is 5.32 Å². The van der Waals surface area contributed by atoms with Crippen molar-refractivity contribution in [3.05, 3.63) is 29.3 Å². The Bertz CT molecular complexity index is 460. The van der Waals surface area contributed by atoms with Gasteiger partial charge in [-0.2, -0.15) is 0 Å². The molecule has 0 aromatic heterocycles. The molecule has 3 rings (SSSR count). The van der Waals surface area contributed by atoms with Crippen molar-refractivity contribution < 1.29 is 9.47 Å². The highest BCUT2D eigenvalue weighted by molar-refractivity contribution is 5.43. The van der Waals surface area contributed by atoms with Crippen LogP contribution >= 0.6 is 0 Å². The second-order valence-electron chi connectivity index (χ2n) is 6.21. The molecule has 3 heteroatoms. The Kier molecular flexibility index (Phi) is 3.99. The Balaban J connectivity index is 1.94. The van der Waals surface area contributed by atoms with Gasteiger partial charge in [-0.15, -0.1) is 0 Å². The lowest BCUT2D eigenvalue weighted by Gasteiger charge is -2.29. The van der Waals surface area contributed by atoms with Gasteiger partial charge in [0.15, 0.2) is 0 Å². The number of ether oxygens (including phenoxy) is 2. The van der Waals surface area contributed by atoms with Crippen LogP contribution in [0.5, 0.6) is 5.75 Å². The number of rotatable bonds is 3. The summed E-state index contributed by atoms with van der Waals surface area (Å²) in [4.78, 5) is 0. The maximum Gasteiger partial charge on any atom is 0.123 e. The van der Waals surface area contributed by atoms with Gasteiger partial charge in [0, 0.05) is 24.3 Å². The molecule has 0 amide bonds. The van der Waals surface area contributed by atoms with Crippen LogP contribution in [0.3, 0.4) is 0 Å². The topological polar surface area (TPSA) is 30.5 Å². The summed E-state index contributed by atoms with van der Waals surface area (Å²) in [5.41, 5.74) is 2.83. The molecule has 0 aliphatic carbocycles. The van der Waals surface area contributed by atoms with E-state index in [1.807, 2.05) is 0 Å². The second-order valence-corrected chi connectivity index (χ2v) is 6.21. The average Bonchev–Trinajstić information content (AvgIpc) is 2.95. The molecule has 110 valence electrons. The van der Waals surface area contributed by atoms with E-state index in [0.29, 0.717) is 5.92 Å². The summed E-state index contributed by atoms with van der Waals surface area (Å²) in [6.45, 7) is 5.18. The molecular formula is C17H25NO2. The van der Waals surface area contributed by atoms with Gasteiger partial charge in [0.05, 0.1) is 7.11 Å². The van der Waals surface area contributed by atoms with Crippen LogP contribution in [0.1, 0.15) is 49.7 Å². The summed E-state index contributed by atoms with van der Waals surface area (Å²) in [5.74, 6) is 1.65. The zero-order valence-corrected chi connectivity index (χ0v) is 12.6. The highest BCUT2D eigenvalue weighted by Gasteiger charge is 2.33. The molecule has 0 bridgehead atoms. The quantitative estimate of drug-likeness (QED) is 0.919. The largest absolute Gasteiger partial charge is 0.496 e. The molecule has 0 radical (unpaired) electrons. The van der Waals surface area contributed by atoms with Crippen molar-refractivity contribution in [2.75, 3.05) is 26.9 Å². The monoisotopic (exact) mass is 275 g/mol. The van der Waals surface area contributed by atoms with E-state index in [9.17, 15) is 0 Å². The second kappa shape index (κ2) is 5.74. The Morgan fingerprint density at radius 2 is 2.10 bits per heavy atom. The Labute approximate surface area is 121 Å². The minimum absolute atomic E-state index is 0.0620. The number of hydrogen-bond acceptors (Lipinski definition) is 3. The smallest absolute Gasteiger partial charge is 0.123 e. The molecule has 20 heavy (non-hydrogen) atoms. The van der Waals surface area contributed by atoms with E-state index in [1.165, 1.54) is 24.0 Å². The van der Waals surface area contributed by atoms with E-state index < -0.39 is 0 Å². The van der Waals surface area contributed by atoms with Crippen LogP contribution < -0.4 is 10.1 Å². The van der Waals surface area contributed by atoms with E-state index in [2.05, 4.69) is 30.4 Å². The van der Waals surface area contributed by atoms with Crippen LogP contribution in [0, 0.1) is 0 Å². The summed E-state index contributed by atoms with van der Waals surface area (Å²) in [5, 5.41) is 3.65. The summed E-state index contributed by atoms with van der Waals surface area (Å²) in [6, 6.07) is 6.75. The van der Waals surface area contributed by atoms with Crippen molar-refractivity contribution in [1.29, 1.82) is 0 Å². The van der Waals surface area contributed by atoms with Crippen LogP contribution in [0.25, 0.3) is 0 Å². The van der Waals surface area contributed by atoms with E-state index in [4.69, 9.17) is 9.47 Å². The first-order chi connectivity index (χ1) is 9.73. The third-order valence-electron chi connectivity index (χ3n) is 4.88. The van der Waals surface area contributed by atoms with Crippen molar-refractivity contribution in [2.45, 2.75) is 44.1 Å². The molecule has 0 spiro atoms. The van der Waals surface area contributed by atoms with Crippen LogP contribution in [0.15, 0.2) is 18.2 Å². The third-order valence-corrected chi connectivity index (χ3v) is 4.88. The normalized spacial score (nSPS) is 27.7. The van der Waals surface area contributed by atoms with Gasteiger partial charge in [-0.1, -0.05) is 6.07 Å². The highest BCUT2D eigenvalue weighted by Crippen LogP contribution is 2.39. The van der Waals surface area contributed by atoms with E-state index in [0.717, 1.165) is 38.3 Å². The summed E-state index contributed by atoms with van der Waals surface area (Å²) in [7, 11) is 1.77. The SMILES string of the molecule is COc1ccc(C2CCOCC2)cc1C1(C)CCCN1. The molecule has 2 fully saturated rings. The zero-order chi connectivity index (χ0) is 14.0. The molecular weight excluding hydrogens is 250 g/mol. The number of methoxy groups -OCH3 is 1. The Hall–Kier alpha value is -1.06. The van der Waals surface area contributed by atoms with Gasteiger partial charge in [-0.3, -0.25) is 0 Å². The van der Waals surface area contributed by atoms with Gasteiger partial charge in [-0.05, 0) is 62.8 Å². The fourth-order valence-electron chi connectivity index (χ4n) is 3.57. The summed E-state index contributed by atoms with van der Waals surface area (Å²) in [6.07, 6.45) is 4.69. The molecule has 2 heterocycles. The highest BCUT2D eigenvalue weighted by atomic mass is 16.5. The van der Waals surface area contributed by atoms with Gasteiger partial charge in [0.1, 0.15) is 5.75 Å². The van der Waals surface area contributed by atoms with Crippen LogP contribution in [-0.4, -0.2) is 26.9 Å². The number of nitrogens with one attached hydrogen (secondary N) is 1. The van der Waals surface area contributed by atoms with Crippen molar-refractivity contribution in [2.24, 2.45) is 0 Å². The fourth-order valence-corrected chi connectivity index (χ4v) is 3.57. The van der Waals surface area contributed by atoms with Crippen molar-refractivity contribution in [3.8, 4) is 5.75 Å². The molecule has 1 aromatic carbocycles. The predicted molar refractivity (Wildman–Crippen MR) is 80.4 cm³/mol. The van der Waals surface area contributed by atoms with Gasteiger partial charge < -0.3 is 14.8 Å². The van der Waals surface area contributed by atoms with E-state index in [-0.39, 0.29) is 5.54 Å². The average molecular weight is 275 g/mol. The van der Waals surface area contributed by atoms with Crippen molar-refractivity contribution in [3.63, 3.8) is 0 Å². The first kappa shape index (κ1) is 13.9. The lowest BCUT2D eigenvalue weighted by molar-refractivity contribution is 0.0853. The molecule has 1 unspecified atom stereocenters. The van der Waals surface area contributed by atoms with Gasteiger partial charge >= 0.3 is 0 Å². The van der Waals surface area contributed by atoms with E-state index >= 15 is 0 Å². The molecule has 2 aliphatic rings. The minimum atomic E-state index is 0.0620. The molecule has 0 saturated carbocycles. The first-order valence-electron chi connectivity index (χ1n) is 7.74. The molecule has 3 nitrogen and oxygen atoms in total. The van der Waals surface area contributed by atoms with Crippen molar-refractivity contribution >= 4 is 0 Å². The standard InChI is InChI=1S/C17H25NO2/c1-17(8-3-9-18-17)15-12-14(4-5-16(15)19-2)13-6-10-20-11-7-13/h4-5,12-13,18H,3,6-11H2,1-2H3. The molecule has 1 atom stereocenters. The van der Waals surface area contributed by atoms with Crippen LogP contribution in [0.2, 0.25) is 0 Å². The zero-order valence-electron chi connectivity index (χ0n) is 12.6. The molecule has 2 saturated heterocycles. The number of hydrogen-bond donors (Lipinski definition) is 1. The third kappa shape index (κ3) is 2.57. The van der Waals surface area contributed by atoms with Gasteiger partial charge in [0.25, 0.3) is 0 Å². The summed E-state index contributed by atoms with van der Waals surface area (Å²) < 4.78 is 11.1. The van der Waals surface area contributed by atoms with Gasteiger partial charge in [-0.25, -0.2) is 0 Å². The fraction of sp³-hybridized carbons (Fsp3) is 0.647. The molecule has 2 aliphatic heterocycles. The lowest BCUT2D eigenvalue weighted by Crippen LogP contribution is -2.33. The van der Waals surface area contributed by atoms with Crippen LogP contribution in [-0.2, 0) is 10.3 Å². The molecule has 1 N–H and O–H groups in total. The first-order valence-corrected chi connectivity index (χ1v) is 7.74. The van der Waals surface area contributed by atoms with Gasteiger partial charge in [0.2, 0.25) is 0 Å². The number of benzene rings is 1. The van der Waals surface area contributed by atoms with E-state index in [1.54, 1.807) is 7.11 Å². The Morgan fingerprint density at radius 1 is 1.30 bits per heavy atom.